The summed E-state index contributed by atoms with van der Waals surface area (Å²) in [7, 11) is 0. The van der Waals surface area contributed by atoms with Gasteiger partial charge in [-0.05, 0) is 53.5 Å². The van der Waals surface area contributed by atoms with Gasteiger partial charge in [0.25, 0.3) is 0 Å². The molecule has 0 radical (unpaired) electrons. The van der Waals surface area contributed by atoms with Crippen LogP contribution in [0.15, 0.2) is 0 Å². The molecule has 1 aliphatic heterocycles. The van der Waals surface area contributed by atoms with Gasteiger partial charge in [-0.1, -0.05) is 5.92 Å². The van der Waals surface area contributed by atoms with E-state index in [0.717, 1.165) is 45.4 Å². The number of nitrogens with one attached hydrogen (secondary N) is 2. The summed E-state index contributed by atoms with van der Waals surface area (Å²) in [6.07, 6.45) is 8.15. The number of hydrogen-bond acceptors (Lipinski definition) is 4. The van der Waals surface area contributed by atoms with Crippen LogP contribution < -0.4 is 10.6 Å². The molecule has 0 saturated carbocycles. The molecule has 0 aromatic heterocycles. The number of ether oxygens (including phenoxy) is 1. The Hall–Kier alpha value is -1.25. The summed E-state index contributed by atoms with van der Waals surface area (Å²) in [5.74, 6) is 2.70. The average molecular weight is 309 g/mol. The summed E-state index contributed by atoms with van der Waals surface area (Å²) >= 11 is 0. The summed E-state index contributed by atoms with van der Waals surface area (Å²) in [6.45, 7) is 11.4. The molecule has 0 aromatic carbocycles. The molecule has 1 atom stereocenters. The monoisotopic (exact) mass is 309 g/mol. The van der Waals surface area contributed by atoms with Gasteiger partial charge in [0.2, 0.25) is 0 Å². The molecule has 1 aliphatic rings. The standard InChI is InChI=1S/C17H31N3O2/c1-6-11-20-12-8-15(9-13-20)18-10-7-14(2)19-16(21)22-17(3,4)5/h1,14-15,18H,7-13H2,2-5H3,(H,19,21). The Kier molecular flexibility index (Phi) is 7.70. The first kappa shape index (κ1) is 18.8. The van der Waals surface area contributed by atoms with Crippen LogP contribution in [0, 0.1) is 12.3 Å². The highest BCUT2D eigenvalue weighted by Crippen LogP contribution is 2.10. The molecule has 22 heavy (non-hydrogen) atoms. The second kappa shape index (κ2) is 9.02. The minimum atomic E-state index is -0.450. The van der Waals surface area contributed by atoms with Crippen molar-refractivity contribution in [1.29, 1.82) is 0 Å². The van der Waals surface area contributed by atoms with E-state index in [0.29, 0.717) is 6.04 Å². The Balaban J connectivity index is 2.12. The first-order valence-corrected chi connectivity index (χ1v) is 8.19. The maximum Gasteiger partial charge on any atom is 0.407 e. The van der Waals surface area contributed by atoms with Crippen molar-refractivity contribution in [2.75, 3.05) is 26.2 Å². The zero-order valence-electron chi connectivity index (χ0n) is 14.4. The summed E-state index contributed by atoms with van der Waals surface area (Å²) in [4.78, 5) is 14.0. The molecular formula is C17H31N3O2. The first-order valence-electron chi connectivity index (χ1n) is 8.19. The number of carbonyl (C=O) groups is 1. The van der Waals surface area contributed by atoms with Crippen molar-refractivity contribution >= 4 is 6.09 Å². The van der Waals surface area contributed by atoms with Gasteiger partial charge in [0.15, 0.2) is 0 Å². The van der Waals surface area contributed by atoms with E-state index in [-0.39, 0.29) is 12.1 Å². The van der Waals surface area contributed by atoms with Crippen molar-refractivity contribution in [3.8, 4) is 12.3 Å². The summed E-state index contributed by atoms with van der Waals surface area (Å²) in [5.41, 5.74) is -0.450. The molecule has 5 heteroatoms. The van der Waals surface area contributed by atoms with E-state index >= 15 is 0 Å². The molecule has 1 rings (SSSR count). The summed E-state index contributed by atoms with van der Waals surface area (Å²) in [5, 5.41) is 6.43. The Morgan fingerprint density at radius 3 is 2.59 bits per heavy atom. The Bertz CT molecular complexity index is 376. The smallest absolute Gasteiger partial charge is 0.407 e. The average Bonchev–Trinajstić information content (AvgIpc) is 2.38. The van der Waals surface area contributed by atoms with E-state index < -0.39 is 5.60 Å². The van der Waals surface area contributed by atoms with Gasteiger partial charge in [-0.25, -0.2) is 4.79 Å². The van der Waals surface area contributed by atoms with E-state index in [1.165, 1.54) is 0 Å². The minimum absolute atomic E-state index is 0.101. The summed E-state index contributed by atoms with van der Waals surface area (Å²) < 4.78 is 5.25. The number of rotatable bonds is 6. The van der Waals surface area contributed by atoms with E-state index in [4.69, 9.17) is 11.2 Å². The van der Waals surface area contributed by atoms with Crippen LogP contribution in [0.4, 0.5) is 4.79 Å². The molecule has 1 amide bonds. The van der Waals surface area contributed by atoms with Gasteiger partial charge in [-0.2, -0.15) is 0 Å². The van der Waals surface area contributed by atoms with Crippen LogP contribution in [0.2, 0.25) is 0 Å². The third-order valence-electron chi connectivity index (χ3n) is 3.68. The maximum absolute atomic E-state index is 11.7. The topological polar surface area (TPSA) is 53.6 Å². The number of amides is 1. The van der Waals surface area contributed by atoms with Crippen molar-refractivity contribution in [2.24, 2.45) is 0 Å². The number of piperidine rings is 1. The van der Waals surface area contributed by atoms with Crippen LogP contribution in [0.25, 0.3) is 0 Å². The van der Waals surface area contributed by atoms with E-state index in [2.05, 4.69) is 21.5 Å². The van der Waals surface area contributed by atoms with Gasteiger partial charge in [0.05, 0.1) is 6.54 Å². The molecule has 1 heterocycles. The van der Waals surface area contributed by atoms with Gasteiger partial charge in [-0.3, -0.25) is 4.90 Å². The van der Waals surface area contributed by atoms with Crippen molar-refractivity contribution in [3.05, 3.63) is 0 Å². The minimum Gasteiger partial charge on any atom is -0.444 e. The van der Waals surface area contributed by atoms with Crippen LogP contribution >= 0.6 is 0 Å². The number of likely N-dealkylation sites (tertiary alicyclic amines) is 1. The third kappa shape index (κ3) is 8.26. The fourth-order valence-corrected chi connectivity index (χ4v) is 2.51. The SMILES string of the molecule is C#CCN1CCC(NCCC(C)NC(=O)OC(C)(C)C)CC1. The van der Waals surface area contributed by atoms with Crippen LogP contribution in [0.3, 0.4) is 0 Å². The highest BCUT2D eigenvalue weighted by Gasteiger charge is 2.19. The van der Waals surface area contributed by atoms with Crippen LogP contribution in [-0.2, 0) is 4.74 Å². The van der Waals surface area contributed by atoms with Crippen molar-refractivity contribution < 1.29 is 9.53 Å². The zero-order chi connectivity index (χ0) is 16.6. The third-order valence-corrected chi connectivity index (χ3v) is 3.68. The predicted octanol–water partition coefficient (Wildman–Crippen LogP) is 1.98. The zero-order valence-corrected chi connectivity index (χ0v) is 14.4. The molecule has 126 valence electrons. The molecule has 2 N–H and O–H groups in total. The largest absolute Gasteiger partial charge is 0.444 e. The number of alkyl carbamates (subject to hydrolysis) is 1. The predicted molar refractivity (Wildman–Crippen MR) is 89.7 cm³/mol. The molecule has 0 aliphatic carbocycles. The number of hydrogen-bond donors (Lipinski definition) is 2. The normalized spacial score (nSPS) is 18.5. The number of nitrogens with zero attached hydrogens (tertiary/aromatic N) is 1. The van der Waals surface area contributed by atoms with Gasteiger partial charge in [0.1, 0.15) is 5.60 Å². The summed E-state index contributed by atoms with van der Waals surface area (Å²) in [6, 6.07) is 0.659. The molecule has 0 aromatic rings. The van der Waals surface area contributed by atoms with Crippen LogP contribution in [0.1, 0.15) is 47.0 Å². The lowest BCUT2D eigenvalue weighted by Gasteiger charge is -2.31. The highest BCUT2D eigenvalue weighted by atomic mass is 16.6. The molecule has 5 nitrogen and oxygen atoms in total. The van der Waals surface area contributed by atoms with Gasteiger partial charge in [0, 0.05) is 25.2 Å². The van der Waals surface area contributed by atoms with Crippen LogP contribution in [-0.4, -0.2) is 54.9 Å². The Labute approximate surface area is 135 Å². The van der Waals surface area contributed by atoms with Crippen molar-refractivity contribution in [2.45, 2.75) is 64.6 Å². The lowest BCUT2D eigenvalue weighted by atomic mass is 10.0. The number of terminal acetylenes is 1. The van der Waals surface area contributed by atoms with Gasteiger partial charge in [-0.15, -0.1) is 6.42 Å². The molecular weight excluding hydrogens is 278 g/mol. The van der Waals surface area contributed by atoms with E-state index in [1.54, 1.807) is 0 Å². The molecule has 1 unspecified atom stereocenters. The highest BCUT2D eigenvalue weighted by molar-refractivity contribution is 5.67. The quantitative estimate of drug-likeness (QED) is 0.737. The molecule has 1 saturated heterocycles. The second-order valence-electron chi connectivity index (χ2n) is 7.04. The Morgan fingerprint density at radius 2 is 2.05 bits per heavy atom. The fraction of sp³-hybridized carbons (Fsp3) is 0.824. The Morgan fingerprint density at radius 1 is 1.41 bits per heavy atom. The van der Waals surface area contributed by atoms with E-state index in [1.807, 2.05) is 27.7 Å². The molecule has 1 fully saturated rings. The lowest BCUT2D eigenvalue weighted by molar-refractivity contribution is 0.0506. The maximum atomic E-state index is 11.7. The second-order valence-corrected chi connectivity index (χ2v) is 7.04. The van der Waals surface area contributed by atoms with Gasteiger partial charge >= 0.3 is 6.09 Å². The van der Waals surface area contributed by atoms with Crippen LogP contribution in [0.5, 0.6) is 0 Å². The first-order chi connectivity index (χ1) is 10.3. The van der Waals surface area contributed by atoms with E-state index in [9.17, 15) is 4.79 Å². The number of carbonyl (C=O) groups excluding carboxylic acids is 1. The lowest BCUT2D eigenvalue weighted by Crippen LogP contribution is -2.44. The van der Waals surface area contributed by atoms with Crippen molar-refractivity contribution in [3.63, 3.8) is 0 Å². The fourth-order valence-electron chi connectivity index (χ4n) is 2.51. The molecule has 0 spiro atoms. The molecule has 0 bridgehead atoms. The van der Waals surface area contributed by atoms with Gasteiger partial charge < -0.3 is 15.4 Å². The van der Waals surface area contributed by atoms with Crippen molar-refractivity contribution in [1.82, 2.24) is 15.5 Å².